The van der Waals surface area contributed by atoms with Crippen LogP contribution < -0.4 is 5.32 Å². The van der Waals surface area contributed by atoms with Crippen molar-refractivity contribution in [2.24, 2.45) is 0 Å². The van der Waals surface area contributed by atoms with Crippen LogP contribution in [0.15, 0.2) is 29.6 Å². The van der Waals surface area contributed by atoms with Gasteiger partial charge in [0.05, 0.1) is 0 Å². The molecule has 1 nitrogen and oxygen atoms in total. The molecule has 19 heavy (non-hydrogen) atoms. The molecule has 1 aromatic heterocycles. The maximum absolute atomic E-state index is 13.6. The highest BCUT2D eigenvalue weighted by Gasteiger charge is 2.12. The first-order valence-electron chi connectivity index (χ1n) is 6.35. The van der Waals surface area contributed by atoms with Crippen LogP contribution in [0.5, 0.6) is 0 Å². The summed E-state index contributed by atoms with van der Waals surface area (Å²) in [6.45, 7) is 4.64. The number of nitrogens with one attached hydrogen (secondary N) is 1. The smallest absolute Gasteiger partial charge is 0.128 e. The van der Waals surface area contributed by atoms with Crippen molar-refractivity contribution in [1.29, 1.82) is 0 Å². The van der Waals surface area contributed by atoms with Crippen molar-refractivity contribution in [3.05, 3.63) is 57.3 Å². The molecule has 0 aliphatic rings. The number of aryl methyl sites for hydroxylation is 1. The van der Waals surface area contributed by atoms with Crippen molar-refractivity contribution in [2.75, 3.05) is 0 Å². The molecule has 0 fully saturated rings. The van der Waals surface area contributed by atoms with Gasteiger partial charge in [-0.25, -0.2) is 8.78 Å². The molecule has 102 valence electrons. The second kappa shape index (κ2) is 6.26. The second-order valence-corrected chi connectivity index (χ2v) is 5.49. The summed E-state index contributed by atoms with van der Waals surface area (Å²) in [4.78, 5) is 1.26. The van der Waals surface area contributed by atoms with Crippen molar-refractivity contribution < 1.29 is 8.78 Å². The summed E-state index contributed by atoms with van der Waals surface area (Å²) in [5.41, 5.74) is 1.68. The minimum atomic E-state index is -0.407. The Kier molecular flexibility index (Phi) is 4.66. The molecule has 0 saturated carbocycles. The Morgan fingerprint density at radius 1 is 1.26 bits per heavy atom. The van der Waals surface area contributed by atoms with Gasteiger partial charge in [-0.1, -0.05) is 6.92 Å². The molecular formula is C15H17F2NS. The lowest BCUT2D eigenvalue weighted by Crippen LogP contribution is -2.19. The predicted molar refractivity (Wildman–Crippen MR) is 75.3 cm³/mol. The number of halogens is 2. The van der Waals surface area contributed by atoms with Gasteiger partial charge in [0.2, 0.25) is 0 Å². The SMILES string of the molecule is CCc1ccsc1CNC(C)c1cc(F)ccc1F. The second-order valence-electron chi connectivity index (χ2n) is 4.49. The Labute approximate surface area is 116 Å². The summed E-state index contributed by atoms with van der Waals surface area (Å²) >= 11 is 1.69. The lowest BCUT2D eigenvalue weighted by atomic mass is 10.1. The van der Waals surface area contributed by atoms with Crippen molar-refractivity contribution in [1.82, 2.24) is 5.32 Å². The van der Waals surface area contributed by atoms with Crippen LogP contribution >= 0.6 is 11.3 Å². The highest BCUT2D eigenvalue weighted by atomic mass is 32.1. The Bertz CT molecular complexity index is 551. The number of hydrogen-bond acceptors (Lipinski definition) is 2. The van der Waals surface area contributed by atoms with Crippen LogP contribution in [0.25, 0.3) is 0 Å². The lowest BCUT2D eigenvalue weighted by Gasteiger charge is -2.15. The van der Waals surface area contributed by atoms with E-state index >= 15 is 0 Å². The standard InChI is InChI=1S/C15H17F2NS/c1-3-11-6-7-19-15(11)9-18-10(2)13-8-12(16)4-5-14(13)17/h4-8,10,18H,3,9H2,1-2H3. The van der Waals surface area contributed by atoms with Gasteiger partial charge >= 0.3 is 0 Å². The topological polar surface area (TPSA) is 12.0 Å². The lowest BCUT2D eigenvalue weighted by molar-refractivity contribution is 0.520. The Morgan fingerprint density at radius 2 is 2.05 bits per heavy atom. The van der Waals surface area contributed by atoms with Gasteiger partial charge in [0.25, 0.3) is 0 Å². The summed E-state index contributed by atoms with van der Waals surface area (Å²) in [5.74, 6) is -0.779. The number of hydrogen-bond donors (Lipinski definition) is 1. The summed E-state index contributed by atoms with van der Waals surface area (Å²) in [6.07, 6.45) is 0.989. The van der Waals surface area contributed by atoms with E-state index in [-0.39, 0.29) is 11.9 Å². The maximum atomic E-state index is 13.6. The van der Waals surface area contributed by atoms with Crippen molar-refractivity contribution in [3.63, 3.8) is 0 Å². The quantitative estimate of drug-likeness (QED) is 0.854. The molecule has 0 spiro atoms. The van der Waals surface area contributed by atoms with E-state index in [1.165, 1.54) is 22.6 Å². The molecule has 2 aromatic rings. The first-order chi connectivity index (χ1) is 9.11. The van der Waals surface area contributed by atoms with Gasteiger partial charge in [0.1, 0.15) is 11.6 Å². The third-order valence-corrected chi connectivity index (χ3v) is 4.18. The van der Waals surface area contributed by atoms with Crippen LogP contribution in [0, 0.1) is 11.6 Å². The highest BCUT2D eigenvalue weighted by molar-refractivity contribution is 7.10. The van der Waals surface area contributed by atoms with E-state index in [0.29, 0.717) is 12.1 Å². The van der Waals surface area contributed by atoms with Crippen LogP contribution in [0.4, 0.5) is 8.78 Å². The van der Waals surface area contributed by atoms with E-state index in [9.17, 15) is 8.78 Å². The monoisotopic (exact) mass is 281 g/mol. The van der Waals surface area contributed by atoms with Crippen molar-refractivity contribution >= 4 is 11.3 Å². The van der Waals surface area contributed by atoms with Gasteiger partial charge in [0, 0.05) is 23.0 Å². The fourth-order valence-corrected chi connectivity index (χ4v) is 2.97. The Balaban J connectivity index is 2.05. The molecule has 0 aliphatic carbocycles. The van der Waals surface area contributed by atoms with Crippen molar-refractivity contribution in [2.45, 2.75) is 32.9 Å². The van der Waals surface area contributed by atoms with Crippen molar-refractivity contribution in [3.8, 4) is 0 Å². The molecule has 2 rings (SSSR count). The molecule has 1 aromatic carbocycles. The summed E-state index contributed by atoms with van der Waals surface area (Å²) in [5, 5.41) is 5.31. The average molecular weight is 281 g/mol. The zero-order valence-electron chi connectivity index (χ0n) is 11.0. The fourth-order valence-electron chi connectivity index (χ4n) is 2.04. The van der Waals surface area contributed by atoms with Gasteiger partial charge in [-0.15, -0.1) is 11.3 Å². The van der Waals surface area contributed by atoms with Crippen LogP contribution in [-0.4, -0.2) is 0 Å². The molecule has 1 N–H and O–H groups in total. The van der Waals surface area contributed by atoms with Crippen LogP contribution in [0.1, 0.15) is 35.9 Å². The molecule has 1 heterocycles. The van der Waals surface area contributed by atoms with E-state index in [4.69, 9.17) is 0 Å². The minimum absolute atomic E-state index is 0.220. The first-order valence-corrected chi connectivity index (χ1v) is 7.23. The molecule has 1 unspecified atom stereocenters. The normalized spacial score (nSPS) is 12.6. The fraction of sp³-hybridized carbons (Fsp3) is 0.333. The molecule has 4 heteroatoms. The summed E-state index contributed by atoms with van der Waals surface area (Å²) < 4.78 is 26.8. The third-order valence-electron chi connectivity index (χ3n) is 3.21. The van der Waals surface area contributed by atoms with Gasteiger partial charge in [-0.2, -0.15) is 0 Å². The zero-order valence-corrected chi connectivity index (χ0v) is 11.9. The Hall–Kier alpha value is -1.26. The zero-order chi connectivity index (χ0) is 13.8. The maximum Gasteiger partial charge on any atom is 0.128 e. The van der Waals surface area contributed by atoms with Gasteiger partial charge in [0.15, 0.2) is 0 Å². The van der Waals surface area contributed by atoms with E-state index in [1.54, 1.807) is 11.3 Å². The van der Waals surface area contributed by atoms with Crippen LogP contribution in [-0.2, 0) is 13.0 Å². The molecule has 0 aliphatic heterocycles. The van der Waals surface area contributed by atoms with Gasteiger partial charge in [-0.05, 0) is 48.6 Å². The molecule has 0 radical (unpaired) electrons. The van der Waals surface area contributed by atoms with Gasteiger partial charge < -0.3 is 5.32 Å². The molecule has 0 amide bonds. The minimum Gasteiger partial charge on any atom is -0.305 e. The molecular weight excluding hydrogens is 264 g/mol. The highest BCUT2D eigenvalue weighted by Crippen LogP contribution is 2.21. The summed E-state index contributed by atoms with van der Waals surface area (Å²) in [7, 11) is 0. The van der Waals surface area contributed by atoms with E-state index in [1.807, 2.05) is 6.92 Å². The van der Waals surface area contributed by atoms with Crippen LogP contribution in [0.3, 0.4) is 0 Å². The van der Waals surface area contributed by atoms with Crippen LogP contribution in [0.2, 0.25) is 0 Å². The predicted octanol–water partition coefficient (Wildman–Crippen LogP) is 4.44. The van der Waals surface area contributed by atoms with E-state index in [2.05, 4.69) is 23.7 Å². The summed E-state index contributed by atoms with van der Waals surface area (Å²) in [6, 6.07) is 5.45. The molecule has 0 bridgehead atoms. The first kappa shape index (κ1) is 14.2. The third kappa shape index (κ3) is 3.39. The van der Waals surface area contributed by atoms with E-state index < -0.39 is 5.82 Å². The molecule has 0 saturated heterocycles. The Morgan fingerprint density at radius 3 is 2.79 bits per heavy atom. The largest absolute Gasteiger partial charge is 0.305 e. The number of rotatable bonds is 5. The van der Waals surface area contributed by atoms with E-state index in [0.717, 1.165) is 12.5 Å². The van der Waals surface area contributed by atoms with Gasteiger partial charge in [-0.3, -0.25) is 0 Å². The molecule has 1 atom stereocenters. The number of thiophene rings is 1. The number of benzene rings is 1. The average Bonchev–Trinajstić information content (AvgIpc) is 2.86.